The van der Waals surface area contributed by atoms with Crippen molar-refractivity contribution in [2.45, 2.75) is 51.9 Å². The molecule has 0 saturated heterocycles. The minimum Gasteiger partial charge on any atom is -0.494 e. The van der Waals surface area contributed by atoms with E-state index < -0.39 is 0 Å². The second-order valence-corrected chi connectivity index (χ2v) is 6.60. The van der Waals surface area contributed by atoms with Gasteiger partial charge in [-0.2, -0.15) is 5.10 Å². The molecule has 2 aromatic carbocycles. The summed E-state index contributed by atoms with van der Waals surface area (Å²) in [6.45, 7) is 2.96. The van der Waals surface area contributed by atoms with Crippen LogP contribution in [-0.4, -0.2) is 18.7 Å². The van der Waals surface area contributed by atoms with Gasteiger partial charge >= 0.3 is 0 Å². The van der Waals surface area contributed by atoms with E-state index in [-0.39, 0.29) is 5.91 Å². The van der Waals surface area contributed by atoms with Gasteiger partial charge in [0.25, 0.3) is 5.91 Å². The van der Waals surface area contributed by atoms with Crippen LogP contribution in [0.15, 0.2) is 59.7 Å². The van der Waals surface area contributed by atoms with Gasteiger partial charge in [0, 0.05) is 5.56 Å². The molecular weight excluding hydrogens is 336 g/mol. The van der Waals surface area contributed by atoms with E-state index >= 15 is 0 Å². The topological polar surface area (TPSA) is 50.7 Å². The van der Waals surface area contributed by atoms with Gasteiger partial charge in [0.2, 0.25) is 0 Å². The quantitative estimate of drug-likeness (QED) is 0.303. The predicted molar refractivity (Wildman–Crippen MR) is 111 cm³/mol. The van der Waals surface area contributed by atoms with Gasteiger partial charge in [0.05, 0.1) is 12.8 Å². The number of nitrogens with one attached hydrogen (secondary N) is 1. The predicted octanol–water partition coefficient (Wildman–Crippen LogP) is 5.58. The average Bonchev–Trinajstić information content (AvgIpc) is 2.71. The summed E-state index contributed by atoms with van der Waals surface area (Å²) in [5.41, 5.74) is 4.03. The van der Waals surface area contributed by atoms with Crippen LogP contribution in [0.3, 0.4) is 0 Å². The molecule has 144 valence electrons. The third kappa shape index (κ3) is 8.54. The fourth-order valence-electron chi connectivity index (χ4n) is 2.72. The van der Waals surface area contributed by atoms with Crippen molar-refractivity contribution in [3.05, 3.63) is 65.7 Å². The van der Waals surface area contributed by atoms with E-state index in [1.165, 1.54) is 38.5 Å². The lowest BCUT2D eigenvalue weighted by molar-refractivity contribution is 0.0955. The van der Waals surface area contributed by atoms with Crippen molar-refractivity contribution < 1.29 is 9.53 Å². The second kappa shape index (κ2) is 12.7. The summed E-state index contributed by atoms with van der Waals surface area (Å²) in [5.74, 6) is 0.561. The maximum atomic E-state index is 12.1. The molecule has 0 fully saturated rings. The van der Waals surface area contributed by atoms with E-state index in [2.05, 4.69) is 17.5 Å². The number of benzene rings is 2. The Hall–Kier alpha value is -2.62. The molecule has 0 saturated carbocycles. The molecule has 0 heterocycles. The lowest BCUT2D eigenvalue weighted by Crippen LogP contribution is -2.17. The number of unbranched alkanes of at least 4 members (excludes halogenated alkanes) is 6. The lowest BCUT2D eigenvalue weighted by atomic mass is 10.1. The van der Waals surface area contributed by atoms with Gasteiger partial charge in [-0.1, -0.05) is 75.8 Å². The van der Waals surface area contributed by atoms with Crippen LogP contribution in [0.5, 0.6) is 5.75 Å². The molecule has 0 unspecified atom stereocenters. The molecule has 2 aromatic rings. The Balaban J connectivity index is 1.65. The van der Waals surface area contributed by atoms with Crippen LogP contribution in [-0.2, 0) is 0 Å². The number of ether oxygens (including phenoxy) is 1. The standard InChI is InChI=1S/C23H30N2O2/c1-2-3-4-5-6-7-11-18-27-22-16-14-21(15-17-22)23(26)25-24-19-20-12-9-8-10-13-20/h8-10,12-17,19H,2-7,11,18H2,1H3,(H,25,26). The van der Waals surface area contributed by atoms with Crippen LogP contribution >= 0.6 is 0 Å². The van der Waals surface area contributed by atoms with Crippen LogP contribution in [0.1, 0.15) is 67.8 Å². The molecule has 0 bridgehead atoms. The number of hydrogen-bond donors (Lipinski definition) is 1. The number of carbonyl (C=O) groups is 1. The Morgan fingerprint density at radius 2 is 1.59 bits per heavy atom. The molecule has 0 aliphatic rings. The van der Waals surface area contributed by atoms with Crippen molar-refractivity contribution >= 4 is 12.1 Å². The number of hydrogen-bond acceptors (Lipinski definition) is 3. The summed E-state index contributed by atoms with van der Waals surface area (Å²) in [7, 11) is 0. The summed E-state index contributed by atoms with van der Waals surface area (Å²) in [5, 5.41) is 3.98. The Bertz CT molecular complexity index is 681. The third-order valence-corrected chi connectivity index (χ3v) is 4.31. The maximum absolute atomic E-state index is 12.1. The van der Waals surface area contributed by atoms with Crippen molar-refractivity contribution in [2.75, 3.05) is 6.61 Å². The van der Waals surface area contributed by atoms with Crippen molar-refractivity contribution in [3.63, 3.8) is 0 Å². The third-order valence-electron chi connectivity index (χ3n) is 4.31. The molecule has 4 nitrogen and oxygen atoms in total. The van der Waals surface area contributed by atoms with E-state index in [4.69, 9.17) is 4.74 Å². The molecule has 4 heteroatoms. The second-order valence-electron chi connectivity index (χ2n) is 6.60. The van der Waals surface area contributed by atoms with Gasteiger partial charge < -0.3 is 4.74 Å². The van der Waals surface area contributed by atoms with Crippen molar-refractivity contribution in [3.8, 4) is 5.75 Å². The molecule has 0 aromatic heterocycles. The smallest absolute Gasteiger partial charge is 0.271 e. The maximum Gasteiger partial charge on any atom is 0.271 e. The Kier molecular flexibility index (Phi) is 9.72. The molecule has 0 spiro atoms. The summed E-state index contributed by atoms with van der Waals surface area (Å²) >= 11 is 0. The summed E-state index contributed by atoms with van der Waals surface area (Å²) in [6, 6.07) is 16.8. The Morgan fingerprint density at radius 1 is 0.926 bits per heavy atom. The van der Waals surface area contributed by atoms with Crippen LogP contribution in [0, 0.1) is 0 Å². The number of amides is 1. The first-order valence-corrected chi connectivity index (χ1v) is 9.91. The van der Waals surface area contributed by atoms with Crippen molar-refractivity contribution in [2.24, 2.45) is 5.10 Å². The molecule has 0 aliphatic carbocycles. The molecule has 1 amide bonds. The number of rotatable bonds is 12. The highest BCUT2D eigenvalue weighted by atomic mass is 16.5. The Labute approximate surface area is 162 Å². The molecule has 0 atom stereocenters. The zero-order valence-electron chi connectivity index (χ0n) is 16.2. The minimum absolute atomic E-state index is 0.235. The summed E-state index contributed by atoms with van der Waals surface area (Å²) in [4.78, 5) is 12.1. The largest absolute Gasteiger partial charge is 0.494 e. The van der Waals surface area contributed by atoms with E-state index in [0.717, 1.165) is 24.3 Å². The summed E-state index contributed by atoms with van der Waals surface area (Å²) in [6.07, 6.45) is 10.5. The highest BCUT2D eigenvalue weighted by molar-refractivity contribution is 5.94. The van der Waals surface area contributed by atoms with Crippen molar-refractivity contribution in [1.82, 2.24) is 5.43 Å². The number of carbonyl (C=O) groups excluding carboxylic acids is 1. The summed E-state index contributed by atoms with van der Waals surface area (Å²) < 4.78 is 5.75. The zero-order valence-corrected chi connectivity index (χ0v) is 16.2. The van der Waals surface area contributed by atoms with Crippen LogP contribution in [0.2, 0.25) is 0 Å². The van der Waals surface area contributed by atoms with Gasteiger partial charge in [-0.05, 0) is 36.2 Å². The molecular formula is C23H30N2O2. The molecule has 1 N–H and O–H groups in total. The van der Waals surface area contributed by atoms with E-state index in [1.807, 2.05) is 42.5 Å². The first kappa shape index (κ1) is 20.7. The van der Waals surface area contributed by atoms with Gasteiger partial charge in [0.1, 0.15) is 5.75 Å². The highest BCUT2D eigenvalue weighted by Crippen LogP contribution is 2.13. The molecule has 2 rings (SSSR count). The van der Waals surface area contributed by atoms with Gasteiger partial charge in [0.15, 0.2) is 0 Å². The average molecular weight is 367 g/mol. The first-order valence-electron chi connectivity index (χ1n) is 9.91. The van der Waals surface area contributed by atoms with Crippen LogP contribution in [0.4, 0.5) is 0 Å². The van der Waals surface area contributed by atoms with Crippen molar-refractivity contribution in [1.29, 1.82) is 0 Å². The monoisotopic (exact) mass is 366 g/mol. The normalized spacial score (nSPS) is 10.9. The van der Waals surface area contributed by atoms with Crippen LogP contribution in [0.25, 0.3) is 0 Å². The zero-order chi connectivity index (χ0) is 19.2. The number of nitrogens with zero attached hydrogens (tertiary/aromatic N) is 1. The first-order chi connectivity index (χ1) is 13.3. The fourth-order valence-corrected chi connectivity index (χ4v) is 2.72. The van der Waals surface area contributed by atoms with Crippen LogP contribution < -0.4 is 10.2 Å². The van der Waals surface area contributed by atoms with Gasteiger partial charge in [-0.3, -0.25) is 4.79 Å². The molecule has 27 heavy (non-hydrogen) atoms. The SMILES string of the molecule is CCCCCCCCCOc1ccc(C(=O)NN=Cc2ccccc2)cc1. The minimum atomic E-state index is -0.235. The van der Waals surface area contributed by atoms with Gasteiger partial charge in [-0.25, -0.2) is 5.43 Å². The highest BCUT2D eigenvalue weighted by Gasteiger charge is 2.04. The Morgan fingerprint density at radius 3 is 2.30 bits per heavy atom. The van der Waals surface area contributed by atoms with E-state index in [0.29, 0.717) is 5.56 Å². The van der Waals surface area contributed by atoms with Gasteiger partial charge in [-0.15, -0.1) is 0 Å². The van der Waals surface area contributed by atoms with E-state index in [1.54, 1.807) is 18.3 Å². The fraction of sp³-hybridized carbons (Fsp3) is 0.391. The molecule has 0 radical (unpaired) electrons. The number of hydrazone groups is 1. The van der Waals surface area contributed by atoms with E-state index in [9.17, 15) is 4.79 Å². The molecule has 0 aliphatic heterocycles. The lowest BCUT2D eigenvalue weighted by Gasteiger charge is -2.07.